The van der Waals surface area contributed by atoms with Gasteiger partial charge in [-0.15, -0.1) is 11.3 Å². The molecule has 5 nitrogen and oxygen atoms in total. The molecule has 1 aliphatic rings. The van der Waals surface area contributed by atoms with Gasteiger partial charge in [0.05, 0.1) is 10.2 Å². The number of hydrogen-bond donors (Lipinski definition) is 2. The molecule has 1 aromatic carbocycles. The second-order valence-electron chi connectivity index (χ2n) is 6.27. The van der Waals surface area contributed by atoms with Gasteiger partial charge in [-0.25, -0.2) is 9.98 Å². The average Bonchev–Trinajstić information content (AvgIpc) is 3.17. The molecule has 0 radical (unpaired) electrons. The summed E-state index contributed by atoms with van der Waals surface area (Å²) in [6, 6.07) is 12.1. The Morgan fingerprint density at radius 1 is 1.24 bits per heavy atom. The lowest BCUT2D eigenvalue weighted by molar-refractivity contribution is 0.524. The van der Waals surface area contributed by atoms with E-state index in [1.807, 2.05) is 30.3 Å². The van der Waals surface area contributed by atoms with Gasteiger partial charge in [-0.1, -0.05) is 12.1 Å². The normalized spacial score (nSPS) is 14.8. The summed E-state index contributed by atoms with van der Waals surface area (Å²) in [6.07, 6.45) is 2.66. The lowest BCUT2D eigenvalue weighted by atomic mass is 10.3. The third kappa shape index (κ3) is 4.02. The number of fused-ring (bicyclic) bond motifs is 1. The molecule has 130 valence electrons. The van der Waals surface area contributed by atoms with Gasteiger partial charge < -0.3 is 15.1 Å². The van der Waals surface area contributed by atoms with E-state index in [-0.39, 0.29) is 0 Å². The van der Waals surface area contributed by atoms with Crippen LogP contribution in [-0.4, -0.2) is 24.0 Å². The number of hydrogen-bond acceptors (Lipinski definition) is 4. The molecule has 0 atom stereocenters. The van der Waals surface area contributed by atoms with E-state index in [0.29, 0.717) is 6.54 Å². The van der Waals surface area contributed by atoms with Gasteiger partial charge in [0.15, 0.2) is 16.7 Å². The zero-order chi connectivity index (χ0) is 17.1. The van der Waals surface area contributed by atoms with Crippen LogP contribution in [0.3, 0.4) is 0 Å². The van der Waals surface area contributed by atoms with Crippen molar-refractivity contribution in [1.29, 1.82) is 0 Å². The summed E-state index contributed by atoms with van der Waals surface area (Å²) >= 11 is 1.65. The molecule has 4 rings (SSSR count). The van der Waals surface area contributed by atoms with Crippen LogP contribution in [0.2, 0.25) is 0 Å². The van der Waals surface area contributed by atoms with Crippen molar-refractivity contribution in [3.05, 3.63) is 42.2 Å². The Labute approximate surface area is 151 Å². The first-order chi connectivity index (χ1) is 12.3. The third-order valence-corrected chi connectivity index (χ3v) is 5.21. The molecular formula is C19H22N4OS. The van der Waals surface area contributed by atoms with Gasteiger partial charge in [-0.2, -0.15) is 0 Å². The van der Waals surface area contributed by atoms with Crippen LogP contribution in [0.5, 0.6) is 0 Å². The number of benzene rings is 1. The standard InChI is InChI=1S/C19H22N4OS/c1-2-20-19(21-11-13-7-8-13)22-12-14-9-10-16(24-14)18-23-15-5-3-4-6-17(15)25-18/h3-6,9-10,13H,2,7-8,11-12H2,1H3,(H2,20,21,22). The Hall–Kier alpha value is -2.34. The average molecular weight is 354 g/mol. The minimum absolute atomic E-state index is 0.519. The molecular weight excluding hydrogens is 332 g/mol. The van der Waals surface area contributed by atoms with Crippen molar-refractivity contribution in [2.75, 3.05) is 13.1 Å². The Morgan fingerprint density at radius 3 is 2.92 bits per heavy atom. The van der Waals surface area contributed by atoms with Gasteiger partial charge in [0.2, 0.25) is 0 Å². The van der Waals surface area contributed by atoms with Crippen LogP contribution in [0.25, 0.3) is 21.0 Å². The Kier molecular flexibility index (Phi) is 4.70. The monoisotopic (exact) mass is 354 g/mol. The molecule has 0 spiro atoms. The van der Waals surface area contributed by atoms with E-state index in [0.717, 1.165) is 47.0 Å². The third-order valence-electron chi connectivity index (χ3n) is 4.16. The summed E-state index contributed by atoms with van der Waals surface area (Å²) in [5, 5.41) is 7.59. The van der Waals surface area contributed by atoms with Crippen molar-refractivity contribution < 1.29 is 4.42 Å². The highest BCUT2D eigenvalue weighted by Gasteiger charge is 2.21. The van der Waals surface area contributed by atoms with Crippen molar-refractivity contribution in [1.82, 2.24) is 15.6 Å². The maximum absolute atomic E-state index is 5.95. The van der Waals surface area contributed by atoms with Crippen LogP contribution < -0.4 is 10.6 Å². The molecule has 1 saturated carbocycles. The zero-order valence-electron chi connectivity index (χ0n) is 14.3. The van der Waals surface area contributed by atoms with Crippen molar-refractivity contribution in [2.24, 2.45) is 10.9 Å². The fourth-order valence-electron chi connectivity index (χ4n) is 2.62. The van der Waals surface area contributed by atoms with Gasteiger partial charge in [0, 0.05) is 13.1 Å². The molecule has 2 aromatic heterocycles. The second kappa shape index (κ2) is 7.27. The molecule has 2 N–H and O–H groups in total. The summed E-state index contributed by atoms with van der Waals surface area (Å²) in [5.74, 6) is 3.32. The highest BCUT2D eigenvalue weighted by atomic mass is 32.1. The molecule has 1 aliphatic carbocycles. The van der Waals surface area contributed by atoms with Gasteiger partial charge in [-0.3, -0.25) is 0 Å². The van der Waals surface area contributed by atoms with E-state index < -0.39 is 0 Å². The number of nitrogens with one attached hydrogen (secondary N) is 2. The summed E-state index contributed by atoms with van der Waals surface area (Å²) in [5.41, 5.74) is 1.01. The summed E-state index contributed by atoms with van der Waals surface area (Å²) in [4.78, 5) is 9.26. The van der Waals surface area contributed by atoms with E-state index >= 15 is 0 Å². The minimum atomic E-state index is 0.519. The molecule has 0 saturated heterocycles. The SMILES string of the molecule is CCNC(=NCc1ccc(-c2nc3ccccc3s2)o1)NCC1CC1. The molecule has 0 amide bonds. The van der Waals surface area contributed by atoms with Crippen molar-refractivity contribution >= 4 is 27.5 Å². The summed E-state index contributed by atoms with van der Waals surface area (Å²) in [6.45, 7) is 4.45. The van der Waals surface area contributed by atoms with Crippen LogP contribution in [-0.2, 0) is 6.54 Å². The fourth-order valence-corrected chi connectivity index (χ4v) is 3.54. The summed E-state index contributed by atoms with van der Waals surface area (Å²) in [7, 11) is 0. The fraction of sp³-hybridized carbons (Fsp3) is 0.368. The topological polar surface area (TPSA) is 62.5 Å². The van der Waals surface area contributed by atoms with Crippen LogP contribution >= 0.6 is 11.3 Å². The number of rotatable bonds is 6. The molecule has 0 aliphatic heterocycles. The van der Waals surface area contributed by atoms with Crippen molar-refractivity contribution in [2.45, 2.75) is 26.3 Å². The first kappa shape index (κ1) is 16.1. The maximum atomic E-state index is 5.95. The number of guanidine groups is 1. The largest absolute Gasteiger partial charge is 0.457 e. The Balaban J connectivity index is 1.45. The van der Waals surface area contributed by atoms with Gasteiger partial charge >= 0.3 is 0 Å². The highest BCUT2D eigenvalue weighted by Crippen LogP contribution is 2.31. The lowest BCUT2D eigenvalue weighted by Crippen LogP contribution is -2.38. The number of thiazole rings is 1. The van der Waals surface area contributed by atoms with Crippen LogP contribution in [0.15, 0.2) is 45.8 Å². The molecule has 2 heterocycles. The van der Waals surface area contributed by atoms with Crippen molar-refractivity contribution in [3.8, 4) is 10.8 Å². The smallest absolute Gasteiger partial charge is 0.191 e. The number of aliphatic imine (C=N–C) groups is 1. The van der Waals surface area contributed by atoms with E-state index in [4.69, 9.17) is 4.42 Å². The lowest BCUT2D eigenvalue weighted by Gasteiger charge is -2.10. The molecule has 0 unspecified atom stereocenters. The molecule has 6 heteroatoms. The number of para-hydroxylation sites is 1. The van der Waals surface area contributed by atoms with Crippen LogP contribution in [0, 0.1) is 5.92 Å². The minimum Gasteiger partial charge on any atom is -0.457 e. The van der Waals surface area contributed by atoms with E-state index in [2.05, 4.69) is 33.6 Å². The first-order valence-electron chi connectivity index (χ1n) is 8.78. The van der Waals surface area contributed by atoms with E-state index in [1.54, 1.807) is 11.3 Å². The molecule has 3 aromatic rings. The van der Waals surface area contributed by atoms with Crippen molar-refractivity contribution in [3.63, 3.8) is 0 Å². The molecule has 1 fully saturated rings. The predicted octanol–water partition coefficient (Wildman–Crippen LogP) is 4.02. The van der Waals surface area contributed by atoms with E-state index in [9.17, 15) is 0 Å². The second-order valence-corrected chi connectivity index (χ2v) is 7.30. The number of furan rings is 1. The van der Waals surface area contributed by atoms with Crippen LogP contribution in [0.4, 0.5) is 0 Å². The highest BCUT2D eigenvalue weighted by molar-refractivity contribution is 7.21. The van der Waals surface area contributed by atoms with Gasteiger partial charge in [0.25, 0.3) is 0 Å². The number of aromatic nitrogens is 1. The maximum Gasteiger partial charge on any atom is 0.191 e. The van der Waals surface area contributed by atoms with Gasteiger partial charge in [0.1, 0.15) is 12.3 Å². The quantitative estimate of drug-likeness (QED) is 0.518. The molecule has 0 bridgehead atoms. The van der Waals surface area contributed by atoms with Crippen LogP contribution in [0.1, 0.15) is 25.5 Å². The first-order valence-corrected chi connectivity index (χ1v) is 9.60. The van der Waals surface area contributed by atoms with E-state index in [1.165, 1.54) is 17.5 Å². The summed E-state index contributed by atoms with van der Waals surface area (Å²) < 4.78 is 7.12. The number of nitrogens with zero attached hydrogens (tertiary/aromatic N) is 2. The molecule has 25 heavy (non-hydrogen) atoms. The Morgan fingerprint density at radius 2 is 2.12 bits per heavy atom. The zero-order valence-corrected chi connectivity index (χ0v) is 15.1. The Bertz CT molecular complexity index is 845. The van der Waals surface area contributed by atoms with Gasteiger partial charge in [-0.05, 0) is 49.9 Å². The predicted molar refractivity (Wildman–Crippen MR) is 103 cm³/mol.